The highest BCUT2D eigenvalue weighted by molar-refractivity contribution is 5.98. The largest absolute Gasteiger partial charge is 1.00 e. The summed E-state index contributed by atoms with van der Waals surface area (Å²) in [5, 5.41) is 18.6. The van der Waals surface area contributed by atoms with Crippen molar-refractivity contribution in [2.75, 3.05) is 27.7 Å². The molecular weight excluding hydrogens is 314 g/mol. The fourth-order valence-corrected chi connectivity index (χ4v) is 1.71. The van der Waals surface area contributed by atoms with Crippen LogP contribution in [-0.4, -0.2) is 54.3 Å². The normalized spacial score (nSPS) is 12.1. The second-order valence-electron chi connectivity index (χ2n) is 6.39. The molecule has 0 heterocycles. The van der Waals surface area contributed by atoms with Crippen LogP contribution in [0, 0.1) is 11.3 Å². The van der Waals surface area contributed by atoms with Gasteiger partial charge < -0.3 is 31.7 Å². The van der Waals surface area contributed by atoms with Gasteiger partial charge in [0.2, 0.25) is 0 Å². The predicted molar refractivity (Wildman–Crippen MR) is 69.3 cm³/mol. The molecule has 0 rings (SSSR count). The molecule has 0 spiro atoms. The number of rotatable bonds is 8. The third kappa shape index (κ3) is 6.92. The molecule has 6 heteroatoms. The Morgan fingerprint density at radius 3 is 1.74 bits per heavy atom. The highest BCUT2D eigenvalue weighted by Gasteiger charge is 2.47. The van der Waals surface area contributed by atoms with Crippen LogP contribution < -0.4 is 17.0 Å². The van der Waals surface area contributed by atoms with Gasteiger partial charge in [-0.15, -0.1) is 0 Å². The van der Waals surface area contributed by atoms with Crippen molar-refractivity contribution in [1.29, 1.82) is 0 Å². The van der Waals surface area contributed by atoms with E-state index in [-0.39, 0.29) is 29.8 Å². The maximum absolute atomic E-state index is 11.4. The third-order valence-corrected chi connectivity index (χ3v) is 3.18. The Morgan fingerprint density at radius 2 is 1.47 bits per heavy atom. The van der Waals surface area contributed by atoms with E-state index >= 15 is 0 Å². The van der Waals surface area contributed by atoms with Gasteiger partial charge in [0, 0.05) is 6.42 Å². The van der Waals surface area contributed by atoms with Crippen molar-refractivity contribution in [1.82, 2.24) is 0 Å². The zero-order valence-electron chi connectivity index (χ0n) is 12.4. The van der Waals surface area contributed by atoms with Crippen LogP contribution >= 0.6 is 0 Å². The Labute approximate surface area is 126 Å². The summed E-state index contributed by atoms with van der Waals surface area (Å²) < 4.78 is 0.560. The van der Waals surface area contributed by atoms with E-state index in [2.05, 4.69) is 0 Å². The number of carbonyl (C=O) groups is 2. The number of halogens is 1. The number of carboxylic acid groups (broad SMARTS) is 2. The predicted octanol–water partition coefficient (Wildman–Crippen LogP) is -1.32. The topological polar surface area (TPSA) is 74.6 Å². The van der Waals surface area contributed by atoms with Gasteiger partial charge in [0.25, 0.3) is 0 Å². The van der Waals surface area contributed by atoms with E-state index in [1.165, 1.54) is 0 Å². The first-order valence-corrected chi connectivity index (χ1v) is 6.28. The van der Waals surface area contributed by atoms with Gasteiger partial charge in [-0.2, -0.15) is 0 Å². The number of quaternary nitrogens is 1. The van der Waals surface area contributed by atoms with Gasteiger partial charge in [-0.3, -0.25) is 9.59 Å². The van der Waals surface area contributed by atoms with Crippen molar-refractivity contribution in [2.24, 2.45) is 11.3 Å². The zero-order valence-corrected chi connectivity index (χ0v) is 14.0. The van der Waals surface area contributed by atoms with Gasteiger partial charge in [0.15, 0.2) is 5.41 Å². The quantitative estimate of drug-likeness (QED) is 0.425. The third-order valence-electron chi connectivity index (χ3n) is 3.18. The minimum atomic E-state index is -1.64. The van der Waals surface area contributed by atoms with Crippen LogP contribution in [0.1, 0.15) is 33.1 Å². The molecule has 114 valence electrons. The standard InChI is InChI=1S/C13H25NO4.BrH/c1-10(2)6-7-13(11(15)16,12(17)18)8-9-14(3,4)5;/h10H,6-9H2,1-5H3,(H-,15,16,17,18);1H. The average molecular weight is 340 g/mol. The molecule has 0 bridgehead atoms. The Bertz CT molecular complexity index is 296. The SMILES string of the molecule is CC(C)CCC(CC[N+](C)(C)C)(C(=O)O)C(=O)O.[Br-]. The highest BCUT2D eigenvalue weighted by Crippen LogP contribution is 2.31. The van der Waals surface area contributed by atoms with Crippen LogP contribution in [0.2, 0.25) is 0 Å². The summed E-state index contributed by atoms with van der Waals surface area (Å²) in [6.07, 6.45) is 0.957. The first-order valence-electron chi connectivity index (χ1n) is 6.28. The Kier molecular flexibility index (Phi) is 8.54. The minimum absolute atomic E-state index is 0. The summed E-state index contributed by atoms with van der Waals surface area (Å²) in [5.74, 6) is -2.14. The molecule has 0 aliphatic carbocycles. The number of hydrogen-bond acceptors (Lipinski definition) is 2. The monoisotopic (exact) mass is 339 g/mol. The molecule has 0 atom stereocenters. The van der Waals surface area contributed by atoms with Gasteiger partial charge in [-0.05, 0) is 18.8 Å². The molecule has 0 saturated heterocycles. The van der Waals surface area contributed by atoms with E-state index in [1.807, 2.05) is 35.0 Å². The molecule has 5 nitrogen and oxygen atoms in total. The fraction of sp³-hybridized carbons (Fsp3) is 0.846. The molecule has 0 radical (unpaired) electrons. The second kappa shape index (κ2) is 7.85. The first-order chi connectivity index (χ1) is 8.01. The lowest BCUT2D eigenvalue weighted by molar-refractivity contribution is -0.871. The summed E-state index contributed by atoms with van der Waals surface area (Å²) in [6, 6.07) is 0. The van der Waals surface area contributed by atoms with Gasteiger partial charge in [0.1, 0.15) is 0 Å². The van der Waals surface area contributed by atoms with Crippen molar-refractivity contribution in [3.05, 3.63) is 0 Å². The number of aliphatic carboxylic acids is 2. The summed E-state index contributed by atoms with van der Waals surface area (Å²) in [6.45, 7) is 4.46. The molecule has 19 heavy (non-hydrogen) atoms. The average Bonchev–Trinajstić information content (AvgIpc) is 2.14. The highest BCUT2D eigenvalue weighted by atomic mass is 79.9. The number of carboxylic acids is 2. The van der Waals surface area contributed by atoms with Gasteiger partial charge >= 0.3 is 11.9 Å². The molecule has 0 aromatic heterocycles. The molecule has 0 unspecified atom stereocenters. The number of nitrogens with zero attached hydrogens (tertiary/aromatic N) is 1. The maximum Gasteiger partial charge on any atom is 0.321 e. The van der Waals surface area contributed by atoms with Crippen LogP contribution in [0.3, 0.4) is 0 Å². The zero-order chi connectivity index (χ0) is 14.6. The minimum Gasteiger partial charge on any atom is -1.00 e. The molecule has 0 aliphatic rings. The van der Waals surface area contributed by atoms with Crippen LogP contribution in [0.15, 0.2) is 0 Å². The molecule has 0 saturated carbocycles. The number of hydrogen-bond donors (Lipinski definition) is 2. The Balaban J connectivity index is 0. The van der Waals surface area contributed by atoms with Crippen LogP contribution in [0.25, 0.3) is 0 Å². The Morgan fingerprint density at radius 1 is 1.05 bits per heavy atom. The van der Waals surface area contributed by atoms with E-state index in [0.29, 0.717) is 23.4 Å². The van der Waals surface area contributed by atoms with E-state index in [1.54, 1.807) is 0 Å². The summed E-state index contributed by atoms with van der Waals surface area (Å²) in [4.78, 5) is 22.8. The summed E-state index contributed by atoms with van der Waals surface area (Å²) >= 11 is 0. The molecule has 0 aromatic carbocycles. The molecule has 0 amide bonds. The van der Waals surface area contributed by atoms with E-state index in [0.717, 1.165) is 0 Å². The lowest BCUT2D eigenvalue weighted by atomic mass is 9.78. The van der Waals surface area contributed by atoms with Crippen LogP contribution in [-0.2, 0) is 9.59 Å². The van der Waals surface area contributed by atoms with E-state index in [4.69, 9.17) is 0 Å². The van der Waals surface area contributed by atoms with E-state index < -0.39 is 17.4 Å². The summed E-state index contributed by atoms with van der Waals surface area (Å²) in [7, 11) is 5.78. The van der Waals surface area contributed by atoms with Crippen molar-refractivity contribution >= 4 is 11.9 Å². The van der Waals surface area contributed by atoms with Gasteiger partial charge in [-0.1, -0.05) is 13.8 Å². The van der Waals surface area contributed by atoms with Crippen molar-refractivity contribution in [3.63, 3.8) is 0 Å². The molecular formula is C13H26BrNO4. The fourth-order valence-electron chi connectivity index (χ4n) is 1.71. The van der Waals surface area contributed by atoms with Crippen LogP contribution in [0.5, 0.6) is 0 Å². The lowest BCUT2D eigenvalue weighted by Gasteiger charge is -2.30. The summed E-state index contributed by atoms with van der Waals surface area (Å²) in [5.41, 5.74) is -1.64. The smallest absolute Gasteiger partial charge is 0.321 e. The van der Waals surface area contributed by atoms with Gasteiger partial charge in [-0.25, -0.2) is 0 Å². The van der Waals surface area contributed by atoms with Gasteiger partial charge in [0.05, 0.1) is 27.7 Å². The van der Waals surface area contributed by atoms with Crippen molar-refractivity contribution < 1.29 is 41.3 Å². The second-order valence-corrected chi connectivity index (χ2v) is 6.39. The molecule has 0 aliphatic heterocycles. The Hall–Kier alpha value is -0.620. The van der Waals surface area contributed by atoms with E-state index in [9.17, 15) is 19.8 Å². The molecule has 0 aromatic rings. The first kappa shape index (κ1) is 20.7. The molecule has 2 N–H and O–H groups in total. The van der Waals surface area contributed by atoms with Crippen molar-refractivity contribution in [2.45, 2.75) is 33.1 Å². The lowest BCUT2D eigenvalue weighted by Crippen LogP contribution is -3.00. The molecule has 0 fully saturated rings. The van der Waals surface area contributed by atoms with Crippen LogP contribution in [0.4, 0.5) is 0 Å². The maximum atomic E-state index is 11.4. The van der Waals surface area contributed by atoms with Crippen molar-refractivity contribution in [3.8, 4) is 0 Å².